The zero-order chi connectivity index (χ0) is 12.1. The van der Waals surface area contributed by atoms with Crippen LogP contribution in [0.1, 0.15) is 36.0 Å². The monoisotopic (exact) mass is 246 g/mol. The number of aromatic nitrogens is 1. The predicted octanol–water partition coefficient (Wildman–Crippen LogP) is 3.40. The van der Waals surface area contributed by atoms with Gasteiger partial charge in [-0.15, -0.1) is 11.3 Å². The van der Waals surface area contributed by atoms with Crippen molar-refractivity contribution in [3.8, 4) is 0 Å². The molecule has 0 spiro atoms. The SMILES string of the molecule is CCNC(C)c1cccc(Cc2nccs2)c1. The number of nitrogens with zero attached hydrogens (tertiary/aromatic N) is 1. The van der Waals surface area contributed by atoms with E-state index in [4.69, 9.17) is 0 Å². The van der Waals surface area contributed by atoms with Gasteiger partial charge in [0.2, 0.25) is 0 Å². The zero-order valence-corrected chi connectivity index (χ0v) is 11.1. The lowest BCUT2D eigenvalue weighted by Gasteiger charge is -2.13. The van der Waals surface area contributed by atoms with Crippen molar-refractivity contribution >= 4 is 11.3 Å². The molecule has 0 bridgehead atoms. The first kappa shape index (κ1) is 12.3. The highest BCUT2D eigenvalue weighted by atomic mass is 32.1. The van der Waals surface area contributed by atoms with E-state index >= 15 is 0 Å². The van der Waals surface area contributed by atoms with Crippen LogP contribution in [0, 0.1) is 0 Å². The number of thiazole rings is 1. The molecular formula is C14H18N2S. The summed E-state index contributed by atoms with van der Waals surface area (Å²) in [7, 11) is 0. The van der Waals surface area contributed by atoms with Gasteiger partial charge in [0.05, 0.1) is 5.01 Å². The molecule has 0 fully saturated rings. The topological polar surface area (TPSA) is 24.9 Å². The van der Waals surface area contributed by atoms with E-state index in [1.807, 2.05) is 11.6 Å². The van der Waals surface area contributed by atoms with Crippen molar-refractivity contribution in [2.45, 2.75) is 26.3 Å². The molecule has 2 rings (SSSR count). The number of hydrogen-bond donors (Lipinski definition) is 1. The van der Waals surface area contributed by atoms with Gasteiger partial charge in [0.15, 0.2) is 0 Å². The highest BCUT2D eigenvalue weighted by Crippen LogP contribution is 2.17. The normalized spacial score (nSPS) is 12.6. The molecule has 0 aliphatic rings. The Bertz CT molecular complexity index is 451. The van der Waals surface area contributed by atoms with E-state index in [1.165, 1.54) is 16.1 Å². The Morgan fingerprint density at radius 1 is 1.41 bits per heavy atom. The van der Waals surface area contributed by atoms with Gasteiger partial charge in [0.1, 0.15) is 0 Å². The molecule has 0 aliphatic carbocycles. The van der Waals surface area contributed by atoms with Crippen molar-refractivity contribution in [1.29, 1.82) is 0 Å². The number of benzene rings is 1. The maximum Gasteiger partial charge on any atom is 0.0968 e. The summed E-state index contributed by atoms with van der Waals surface area (Å²) in [6.45, 7) is 5.33. The van der Waals surface area contributed by atoms with Gasteiger partial charge < -0.3 is 5.32 Å². The smallest absolute Gasteiger partial charge is 0.0968 e. The molecule has 2 aromatic rings. The maximum absolute atomic E-state index is 4.33. The Morgan fingerprint density at radius 3 is 3.00 bits per heavy atom. The number of rotatable bonds is 5. The fourth-order valence-electron chi connectivity index (χ4n) is 1.91. The van der Waals surface area contributed by atoms with Crippen molar-refractivity contribution < 1.29 is 0 Å². The van der Waals surface area contributed by atoms with E-state index in [2.05, 4.69) is 48.4 Å². The molecule has 90 valence electrons. The van der Waals surface area contributed by atoms with Gasteiger partial charge in [-0.25, -0.2) is 4.98 Å². The Kier molecular flexibility index (Phi) is 4.29. The molecule has 1 unspecified atom stereocenters. The van der Waals surface area contributed by atoms with Gasteiger partial charge in [0, 0.05) is 24.0 Å². The van der Waals surface area contributed by atoms with Crippen LogP contribution in [0.4, 0.5) is 0 Å². The van der Waals surface area contributed by atoms with Crippen molar-refractivity contribution in [1.82, 2.24) is 10.3 Å². The van der Waals surface area contributed by atoms with E-state index in [1.54, 1.807) is 11.3 Å². The van der Waals surface area contributed by atoms with Crippen LogP contribution in [0.3, 0.4) is 0 Å². The third-order valence-corrected chi connectivity index (χ3v) is 3.58. The summed E-state index contributed by atoms with van der Waals surface area (Å²) in [6.07, 6.45) is 2.80. The Hall–Kier alpha value is -1.19. The molecule has 0 amide bonds. The van der Waals surface area contributed by atoms with Crippen LogP contribution in [0.2, 0.25) is 0 Å². The fraction of sp³-hybridized carbons (Fsp3) is 0.357. The number of nitrogens with one attached hydrogen (secondary N) is 1. The van der Waals surface area contributed by atoms with Crippen molar-refractivity contribution in [2.24, 2.45) is 0 Å². The standard InChI is InChI=1S/C14H18N2S/c1-3-15-11(2)13-6-4-5-12(9-13)10-14-16-7-8-17-14/h4-9,11,15H,3,10H2,1-2H3. The van der Waals surface area contributed by atoms with E-state index in [0.29, 0.717) is 6.04 Å². The van der Waals surface area contributed by atoms with Gasteiger partial charge in [-0.1, -0.05) is 31.2 Å². The lowest BCUT2D eigenvalue weighted by molar-refractivity contribution is 0.597. The van der Waals surface area contributed by atoms with E-state index in [-0.39, 0.29) is 0 Å². The minimum atomic E-state index is 0.413. The van der Waals surface area contributed by atoms with Gasteiger partial charge in [-0.2, -0.15) is 0 Å². The van der Waals surface area contributed by atoms with Crippen LogP contribution in [0.25, 0.3) is 0 Å². The summed E-state index contributed by atoms with van der Waals surface area (Å²) in [5.74, 6) is 0. The Balaban J connectivity index is 2.11. The molecule has 1 heterocycles. The average molecular weight is 246 g/mol. The molecule has 1 N–H and O–H groups in total. The van der Waals surface area contributed by atoms with E-state index in [9.17, 15) is 0 Å². The van der Waals surface area contributed by atoms with Crippen LogP contribution in [-0.4, -0.2) is 11.5 Å². The molecule has 0 radical (unpaired) electrons. The summed E-state index contributed by atoms with van der Waals surface area (Å²) in [6, 6.07) is 9.17. The lowest BCUT2D eigenvalue weighted by Crippen LogP contribution is -2.17. The highest BCUT2D eigenvalue weighted by Gasteiger charge is 2.05. The second-order valence-electron chi connectivity index (χ2n) is 4.13. The minimum absolute atomic E-state index is 0.413. The molecule has 0 saturated carbocycles. The van der Waals surface area contributed by atoms with Gasteiger partial charge >= 0.3 is 0 Å². The van der Waals surface area contributed by atoms with Crippen LogP contribution >= 0.6 is 11.3 Å². The van der Waals surface area contributed by atoms with E-state index in [0.717, 1.165) is 13.0 Å². The third-order valence-electron chi connectivity index (χ3n) is 2.80. The first-order chi connectivity index (χ1) is 8.29. The molecule has 1 aromatic carbocycles. The Labute approximate surface area is 107 Å². The second-order valence-corrected chi connectivity index (χ2v) is 5.11. The summed E-state index contributed by atoms with van der Waals surface area (Å²) < 4.78 is 0. The van der Waals surface area contributed by atoms with Crippen molar-refractivity contribution in [2.75, 3.05) is 6.54 Å². The van der Waals surface area contributed by atoms with Crippen LogP contribution in [0.15, 0.2) is 35.8 Å². The molecule has 0 aliphatic heterocycles. The molecule has 0 saturated heterocycles. The molecule has 17 heavy (non-hydrogen) atoms. The number of hydrogen-bond acceptors (Lipinski definition) is 3. The first-order valence-corrected chi connectivity index (χ1v) is 6.88. The largest absolute Gasteiger partial charge is 0.310 e. The first-order valence-electron chi connectivity index (χ1n) is 6.00. The van der Waals surface area contributed by atoms with Crippen LogP contribution < -0.4 is 5.32 Å². The van der Waals surface area contributed by atoms with Crippen molar-refractivity contribution in [3.63, 3.8) is 0 Å². The average Bonchev–Trinajstić information content (AvgIpc) is 2.82. The van der Waals surface area contributed by atoms with Crippen LogP contribution in [-0.2, 0) is 6.42 Å². The molecule has 1 atom stereocenters. The predicted molar refractivity (Wildman–Crippen MR) is 73.5 cm³/mol. The highest BCUT2D eigenvalue weighted by molar-refractivity contribution is 7.09. The summed E-state index contributed by atoms with van der Waals surface area (Å²) >= 11 is 1.72. The van der Waals surface area contributed by atoms with Gasteiger partial charge in [-0.05, 0) is 24.6 Å². The molecule has 2 nitrogen and oxygen atoms in total. The Morgan fingerprint density at radius 2 is 2.29 bits per heavy atom. The maximum atomic E-state index is 4.33. The summed E-state index contributed by atoms with van der Waals surface area (Å²) in [5, 5.41) is 6.64. The summed E-state index contributed by atoms with van der Waals surface area (Å²) in [5.41, 5.74) is 2.68. The second kappa shape index (κ2) is 5.94. The molecule has 3 heteroatoms. The molecule has 1 aromatic heterocycles. The zero-order valence-electron chi connectivity index (χ0n) is 10.3. The van der Waals surface area contributed by atoms with Gasteiger partial charge in [0.25, 0.3) is 0 Å². The minimum Gasteiger partial charge on any atom is -0.310 e. The van der Waals surface area contributed by atoms with E-state index < -0.39 is 0 Å². The third kappa shape index (κ3) is 3.38. The quantitative estimate of drug-likeness (QED) is 0.874. The molecular weight excluding hydrogens is 228 g/mol. The fourth-order valence-corrected chi connectivity index (χ4v) is 2.56. The van der Waals surface area contributed by atoms with Crippen LogP contribution in [0.5, 0.6) is 0 Å². The lowest BCUT2D eigenvalue weighted by atomic mass is 10.0. The van der Waals surface area contributed by atoms with Gasteiger partial charge in [-0.3, -0.25) is 0 Å². The van der Waals surface area contributed by atoms with Crippen molar-refractivity contribution in [3.05, 3.63) is 52.0 Å². The summed E-state index contributed by atoms with van der Waals surface area (Å²) in [4.78, 5) is 4.33.